The molecule has 2 aromatic rings. The molecule has 2 aromatic carbocycles. The first kappa shape index (κ1) is 19.8. The molecule has 2 rings (SSSR count). The highest BCUT2D eigenvalue weighted by atomic mass is 35.5. The first-order valence-electron chi connectivity index (χ1n) is 7.58. The second-order valence-corrected chi connectivity index (χ2v) is 5.99. The summed E-state index contributed by atoms with van der Waals surface area (Å²) in [6.07, 6.45) is 0. The van der Waals surface area contributed by atoms with Crippen LogP contribution in [0.3, 0.4) is 0 Å². The van der Waals surface area contributed by atoms with Crippen molar-refractivity contribution in [2.75, 3.05) is 13.7 Å². The molecule has 0 spiro atoms. The van der Waals surface area contributed by atoms with Crippen LogP contribution in [-0.4, -0.2) is 24.5 Å². The van der Waals surface area contributed by atoms with Crippen molar-refractivity contribution in [2.24, 2.45) is 0 Å². The maximum absolute atomic E-state index is 12.3. The minimum atomic E-state index is -0.637. The van der Waals surface area contributed by atoms with Gasteiger partial charge in [0.15, 0.2) is 11.5 Å². The van der Waals surface area contributed by atoms with Gasteiger partial charge in [0.05, 0.1) is 23.7 Å². The molecule has 0 radical (unpaired) electrons. The fourth-order valence-corrected chi connectivity index (χ4v) is 2.75. The summed E-state index contributed by atoms with van der Waals surface area (Å²) in [6, 6.07) is 7.09. The number of nitrogens with one attached hydrogen (secondary N) is 1. The molecule has 0 saturated carbocycles. The van der Waals surface area contributed by atoms with Crippen molar-refractivity contribution in [2.45, 2.75) is 13.5 Å². The average Bonchev–Trinajstić information content (AvgIpc) is 2.61. The molecule has 7 nitrogen and oxygen atoms in total. The molecular formula is C17H16Cl2N2O5. The van der Waals surface area contributed by atoms with Crippen molar-refractivity contribution in [3.8, 4) is 11.5 Å². The van der Waals surface area contributed by atoms with E-state index in [9.17, 15) is 14.9 Å². The van der Waals surface area contributed by atoms with Crippen LogP contribution >= 0.6 is 23.2 Å². The van der Waals surface area contributed by atoms with Gasteiger partial charge >= 0.3 is 0 Å². The number of methoxy groups -OCH3 is 1. The minimum Gasteiger partial charge on any atom is -0.493 e. The fraction of sp³-hybridized carbons (Fsp3) is 0.235. The van der Waals surface area contributed by atoms with E-state index in [0.717, 1.165) is 0 Å². The number of nitro groups is 1. The molecule has 0 aliphatic heterocycles. The average molecular weight is 399 g/mol. The number of halogens is 2. The van der Waals surface area contributed by atoms with Gasteiger partial charge in [0.25, 0.3) is 11.6 Å². The molecule has 0 aliphatic carbocycles. The summed E-state index contributed by atoms with van der Waals surface area (Å²) in [5.41, 5.74) is 0.203. The van der Waals surface area contributed by atoms with E-state index >= 15 is 0 Å². The molecule has 138 valence electrons. The molecule has 0 bridgehead atoms. The second-order valence-electron chi connectivity index (χ2n) is 5.14. The molecule has 26 heavy (non-hydrogen) atoms. The van der Waals surface area contributed by atoms with Crippen LogP contribution in [0.25, 0.3) is 0 Å². The van der Waals surface area contributed by atoms with Gasteiger partial charge in [0.2, 0.25) is 0 Å². The number of hydrogen-bond donors (Lipinski definition) is 1. The normalized spacial score (nSPS) is 10.3. The maximum atomic E-state index is 12.3. The van der Waals surface area contributed by atoms with Crippen molar-refractivity contribution in [3.63, 3.8) is 0 Å². The Kier molecular flexibility index (Phi) is 6.65. The quantitative estimate of drug-likeness (QED) is 0.556. The van der Waals surface area contributed by atoms with Crippen LogP contribution in [-0.2, 0) is 6.54 Å². The molecule has 0 saturated heterocycles. The summed E-state index contributed by atoms with van der Waals surface area (Å²) in [4.78, 5) is 22.8. The van der Waals surface area contributed by atoms with E-state index in [1.54, 1.807) is 12.1 Å². The number of nitrogens with zero attached hydrogens (tertiary/aromatic N) is 1. The van der Waals surface area contributed by atoms with Gasteiger partial charge in [-0.05, 0) is 36.8 Å². The smallest absolute Gasteiger partial charge is 0.282 e. The standard InChI is InChI=1S/C17H16Cl2N2O5/c1-3-26-16-13(19)6-10(7-15(16)25-2)9-20-17(22)12-8-11(18)4-5-14(12)21(23)24/h4-8H,3,9H2,1-2H3,(H,20,22). The number of carbonyl (C=O) groups is 1. The Morgan fingerprint density at radius 1 is 1.27 bits per heavy atom. The Morgan fingerprint density at radius 2 is 2.00 bits per heavy atom. The number of amides is 1. The van der Waals surface area contributed by atoms with Crippen LogP contribution in [0.5, 0.6) is 11.5 Å². The summed E-state index contributed by atoms with van der Waals surface area (Å²) in [6.45, 7) is 2.33. The number of ether oxygens (including phenoxy) is 2. The number of benzene rings is 2. The third kappa shape index (κ3) is 4.56. The summed E-state index contributed by atoms with van der Waals surface area (Å²) < 4.78 is 10.7. The number of nitro benzene ring substituents is 1. The summed E-state index contributed by atoms with van der Waals surface area (Å²) >= 11 is 12.0. The van der Waals surface area contributed by atoms with Crippen molar-refractivity contribution in [3.05, 3.63) is 61.6 Å². The minimum absolute atomic E-state index is 0.0883. The van der Waals surface area contributed by atoms with Crippen LogP contribution in [0, 0.1) is 10.1 Å². The van der Waals surface area contributed by atoms with Gasteiger partial charge in [-0.2, -0.15) is 0 Å². The van der Waals surface area contributed by atoms with Crippen molar-refractivity contribution >= 4 is 34.8 Å². The van der Waals surface area contributed by atoms with Gasteiger partial charge in [0, 0.05) is 17.6 Å². The predicted octanol–water partition coefficient (Wildman–Crippen LogP) is 4.24. The topological polar surface area (TPSA) is 90.7 Å². The number of carbonyl (C=O) groups excluding carboxylic acids is 1. The first-order valence-corrected chi connectivity index (χ1v) is 8.34. The molecule has 0 unspecified atom stereocenters. The van der Waals surface area contributed by atoms with Gasteiger partial charge in [-0.15, -0.1) is 0 Å². The van der Waals surface area contributed by atoms with Gasteiger partial charge in [-0.3, -0.25) is 14.9 Å². The highest BCUT2D eigenvalue weighted by Gasteiger charge is 2.20. The largest absolute Gasteiger partial charge is 0.493 e. The van der Waals surface area contributed by atoms with Gasteiger partial charge in [-0.25, -0.2) is 0 Å². The summed E-state index contributed by atoms with van der Waals surface area (Å²) in [5, 5.41) is 14.2. The van der Waals surface area contributed by atoms with E-state index in [-0.39, 0.29) is 22.8 Å². The molecule has 1 N–H and O–H groups in total. The predicted molar refractivity (Wildman–Crippen MR) is 98.4 cm³/mol. The lowest BCUT2D eigenvalue weighted by Gasteiger charge is -2.13. The lowest BCUT2D eigenvalue weighted by atomic mass is 10.1. The fourth-order valence-electron chi connectivity index (χ4n) is 2.29. The first-order chi connectivity index (χ1) is 12.4. The highest BCUT2D eigenvalue weighted by molar-refractivity contribution is 6.32. The zero-order valence-electron chi connectivity index (χ0n) is 14.0. The van der Waals surface area contributed by atoms with Crippen LogP contribution in [0.2, 0.25) is 10.0 Å². The van der Waals surface area contributed by atoms with Gasteiger partial charge in [-0.1, -0.05) is 23.2 Å². The van der Waals surface area contributed by atoms with Crippen LogP contribution in [0.4, 0.5) is 5.69 Å². The lowest BCUT2D eigenvalue weighted by molar-refractivity contribution is -0.385. The Balaban J connectivity index is 2.21. The maximum Gasteiger partial charge on any atom is 0.282 e. The molecule has 1 amide bonds. The molecular weight excluding hydrogens is 383 g/mol. The van der Waals surface area contributed by atoms with E-state index in [1.807, 2.05) is 6.92 Å². The number of rotatable bonds is 7. The third-order valence-corrected chi connectivity index (χ3v) is 3.95. The Morgan fingerprint density at radius 3 is 2.62 bits per heavy atom. The molecule has 0 aliphatic rings. The number of hydrogen-bond acceptors (Lipinski definition) is 5. The van der Waals surface area contributed by atoms with Crippen molar-refractivity contribution in [1.29, 1.82) is 0 Å². The van der Waals surface area contributed by atoms with E-state index < -0.39 is 10.8 Å². The van der Waals surface area contributed by atoms with E-state index in [0.29, 0.717) is 28.7 Å². The lowest BCUT2D eigenvalue weighted by Crippen LogP contribution is -2.23. The molecule has 0 aromatic heterocycles. The van der Waals surface area contributed by atoms with Crippen LogP contribution in [0.1, 0.15) is 22.8 Å². The highest BCUT2D eigenvalue weighted by Crippen LogP contribution is 2.36. The SMILES string of the molecule is CCOc1c(Cl)cc(CNC(=O)c2cc(Cl)ccc2[N+](=O)[O-])cc1OC. The Hall–Kier alpha value is -2.51. The Bertz CT molecular complexity index is 842. The van der Waals surface area contributed by atoms with Crippen LogP contribution in [0.15, 0.2) is 30.3 Å². The van der Waals surface area contributed by atoms with Crippen molar-refractivity contribution in [1.82, 2.24) is 5.32 Å². The second kappa shape index (κ2) is 8.73. The Labute approximate surface area is 160 Å². The summed E-state index contributed by atoms with van der Waals surface area (Å²) in [5.74, 6) is 0.220. The zero-order valence-corrected chi connectivity index (χ0v) is 15.6. The van der Waals surface area contributed by atoms with E-state index in [2.05, 4.69) is 5.32 Å². The zero-order chi connectivity index (χ0) is 19.3. The van der Waals surface area contributed by atoms with Crippen LogP contribution < -0.4 is 14.8 Å². The van der Waals surface area contributed by atoms with Gasteiger partial charge < -0.3 is 14.8 Å². The van der Waals surface area contributed by atoms with E-state index in [1.165, 1.54) is 25.3 Å². The summed E-state index contributed by atoms with van der Waals surface area (Å²) in [7, 11) is 1.48. The molecule has 9 heteroatoms. The van der Waals surface area contributed by atoms with Crippen molar-refractivity contribution < 1.29 is 19.2 Å². The molecule has 0 heterocycles. The monoisotopic (exact) mass is 398 g/mol. The van der Waals surface area contributed by atoms with Gasteiger partial charge in [0.1, 0.15) is 5.56 Å². The molecule has 0 atom stereocenters. The van der Waals surface area contributed by atoms with E-state index in [4.69, 9.17) is 32.7 Å². The molecule has 0 fully saturated rings. The third-order valence-electron chi connectivity index (χ3n) is 3.43.